The Morgan fingerprint density at radius 3 is 2.78 bits per heavy atom. The summed E-state index contributed by atoms with van der Waals surface area (Å²) >= 11 is 0. The second-order valence-corrected chi connectivity index (χ2v) is 5.30. The lowest BCUT2D eigenvalue weighted by Crippen LogP contribution is -2.37. The predicted octanol–water partition coefficient (Wildman–Crippen LogP) is 2.24. The van der Waals surface area contributed by atoms with E-state index < -0.39 is 0 Å². The number of benzene rings is 1. The van der Waals surface area contributed by atoms with Gasteiger partial charge in [0.05, 0.1) is 18.8 Å². The van der Waals surface area contributed by atoms with Crippen molar-refractivity contribution < 1.29 is 9.47 Å². The van der Waals surface area contributed by atoms with E-state index >= 15 is 0 Å². The van der Waals surface area contributed by atoms with Crippen LogP contribution in [0.2, 0.25) is 0 Å². The van der Waals surface area contributed by atoms with Gasteiger partial charge in [-0.2, -0.15) is 0 Å². The summed E-state index contributed by atoms with van der Waals surface area (Å²) in [5, 5.41) is 3.65. The first-order valence-corrected chi connectivity index (χ1v) is 6.81. The van der Waals surface area contributed by atoms with Crippen molar-refractivity contribution in [2.75, 3.05) is 7.11 Å². The van der Waals surface area contributed by atoms with Gasteiger partial charge in [-0.1, -0.05) is 24.3 Å². The number of fused-ring (bicyclic) bond motifs is 2. The van der Waals surface area contributed by atoms with Crippen LogP contribution in [0.15, 0.2) is 24.3 Å². The first-order valence-electron chi connectivity index (χ1n) is 6.81. The molecule has 18 heavy (non-hydrogen) atoms. The summed E-state index contributed by atoms with van der Waals surface area (Å²) in [5.41, 5.74) is 2.61. The van der Waals surface area contributed by atoms with Gasteiger partial charge in [-0.25, -0.2) is 0 Å². The van der Waals surface area contributed by atoms with Gasteiger partial charge in [0.15, 0.2) is 0 Å². The zero-order valence-electron chi connectivity index (χ0n) is 10.9. The summed E-state index contributed by atoms with van der Waals surface area (Å²) in [5.74, 6) is 0. The summed E-state index contributed by atoms with van der Waals surface area (Å²) in [6.07, 6.45) is 4.62. The zero-order valence-corrected chi connectivity index (χ0v) is 10.9. The first kappa shape index (κ1) is 12.2. The van der Waals surface area contributed by atoms with Crippen molar-refractivity contribution in [2.24, 2.45) is 0 Å². The molecule has 2 saturated heterocycles. The van der Waals surface area contributed by atoms with E-state index in [-0.39, 0.29) is 0 Å². The largest absolute Gasteiger partial charge is 0.380 e. The minimum atomic E-state index is 0.449. The number of nitrogens with one attached hydrogen (secondary N) is 1. The minimum Gasteiger partial charge on any atom is -0.380 e. The molecule has 0 aliphatic carbocycles. The number of ether oxygens (including phenoxy) is 2. The Bertz CT molecular complexity index is 407. The van der Waals surface area contributed by atoms with E-state index in [0.717, 1.165) is 6.54 Å². The lowest BCUT2D eigenvalue weighted by Gasteiger charge is -2.21. The molecule has 0 aromatic heterocycles. The topological polar surface area (TPSA) is 30.5 Å². The van der Waals surface area contributed by atoms with Crippen molar-refractivity contribution in [2.45, 2.75) is 50.7 Å². The molecule has 3 atom stereocenters. The molecule has 0 spiro atoms. The van der Waals surface area contributed by atoms with Crippen LogP contribution in [0.1, 0.15) is 30.4 Å². The summed E-state index contributed by atoms with van der Waals surface area (Å²) in [6.45, 7) is 1.60. The zero-order chi connectivity index (χ0) is 12.4. The average Bonchev–Trinajstić information content (AvgIpc) is 3.00. The van der Waals surface area contributed by atoms with E-state index in [0.29, 0.717) is 24.9 Å². The number of hydrogen-bond acceptors (Lipinski definition) is 3. The molecule has 98 valence electrons. The maximum atomic E-state index is 5.86. The van der Waals surface area contributed by atoms with Crippen molar-refractivity contribution in [1.29, 1.82) is 0 Å². The molecule has 1 aromatic carbocycles. The fraction of sp³-hybridized carbons (Fsp3) is 0.600. The van der Waals surface area contributed by atoms with Crippen molar-refractivity contribution in [3.63, 3.8) is 0 Å². The highest BCUT2D eigenvalue weighted by atomic mass is 16.5. The predicted molar refractivity (Wildman–Crippen MR) is 70.3 cm³/mol. The Labute approximate surface area is 108 Å². The third-order valence-electron chi connectivity index (χ3n) is 4.08. The van der Waals surface area contributed by atoms with Crippen LogP contribution in [0.5, 0.6) is 0 Å². The molecule has 2 fully saturated rings. The van der Waals surface area contributed by atoms with E-state index in [2.05, 4.69) is 29.6 Å². The summed E-state index contributed by atoms with van der Waals surface area (Å²) < 4.78 is 11.1. The normalized spacial score (nSPS) is 29.9. The smallest absolute Gasteiger partial charge is 0.0733 e. The van der Waals surface area contributed by atoms with E-state index in [1.165, 1.54) is 30.4 Å². The SMILES string of the molecule is COCc1ccccc1CNC1CC2CCC1O2. The number of rotatable bonds is 5. The second kappa shape index (κ2) is 5.39. The van der Waals surface area contributed by atoms with Crippen LogP contribution in [0, 0.1) is 0 Å². The molecule has 0 amide bonds. The minimum absolute atomic E-state index is 0.449. The third kappa shape index (κ3) is 2.44. The highest BCUT2D eigenvalue weighted by Crippen LogP contribution is 2.34. The molecule has 0 saturated carbocycles. The van der Waals surface area contributed by atoms with Crippen LogP contribution >= 0.6 is 0 Å². The highest BCUT2D eigenvalue weighted by molar-refractivity contribution is 5.26. The Morgan fingerprint density at radius 2 is 2.11 bits per heavy atom. The Morgan fingerprint density at radius 1 is 1.28 bits per heavy atom. The Kier molecular flexibility index (Phi) is 3.64. The Balaban J connectivity index is 1.59. The Hall–Kier alpha value is -0.900. The average molecular weight is 247 g/mol. The summed E-state index contributed by atoms with van der Waals surface area (Å²) in [6, 6.07) is 9.01. The van der Waals surface area contributed by atoms with Crippen molar-refractivity contribution in [3.05, 3.63) is 35.4 Å². The van der Waals surface area contributed by atoms with Gasteiger partial charge in [-0.05, 0) is 30.4 Å². The fourth-order valence-electron chi connectivity index (χ4n) is 3.12. The van der Waals surface area contributed by atoms with Gasteiger partial charge < -0.3 is 14.8 Å². The van der Waals surface area contributed by atoms with Crippen molar-refractivity contribution in [1.82, 2.24) is 5.32 Å². The van der Waals surface area contributed by atoms with Crippen molar-refractivity contribution >= 4 is 0 Å². The molecule has 2 aliphatic heterocycles. The van der Waals surface area contributed by atoms with Gasteiger partial charge in [0.1, 0.15) is 0 Å². The molecule has 1 aromatic rings. The maximum Gasteiger partial charge on any atom is 0.0733 e. The second-order valence-electron chi connectivity index (χ2n) is 5.30. The fourth-order valence-corrected chi connectivity index (χ4v) is 3.12. The van der Waals surface area contributed by atoms with E-state index in [1.807, 2.05) is 0 Å². The molecule has 3 nitrogen and oxygen atoms in total. The van der Waals surface area contributed by atoms with E-state index in [9.17, 15) is 0 Å². The quantitative estimate of drug-likeness (QED) is 0.865. The molecule has 3 rings (SSSR count). The van der Waals surface area contributed by atoms with Crippen LogP contribution in [0.4, 0.5) is 0 Å². The van der Waals surface area contributed by atoms with Gasteiger partial charge in [-0.15, -0.1) is 0 Å². The van der Waals surface area contributed by atoms with Crippen molar-refractivity contribution in [3.8, 4) is 0 Å². The molecule has 3 heteroatoms. The first-order chi connectivity index (χ1) is 8.86. The maximum absolute atomic E-state index is 5.86. The van der Waals surface area contributed by atoms with Crippen LogP contribution < -0.4 is 5.32 Å². The highest BCUT2D eigenvalue weighted by Gasteiger charge is 2.40. The monoisotopic (exact) mass is 247 g/mol. The number of hydrogen-bond donors (Lipinski definition) is 1. The van der Waals surface area contributed by atoms with Crippen LogP contribution in [-0.4, -0.2) is 25.4 Å². The molecule has 3 unspecified atom stereocenters. The molecule has 1 N–H and O–H groups in total. The number of methoxy groups -OCH3 is 1. The van der Waals surface area contributed by atoms with Gasteiger partial charge in [0.2, 0.25) is 0 Å². The van der Waals surface area contributed by atoms with Gasteiger partial charge >= 0.3 is 0 Å². The third-order valence-corrected chi connectivity index (χ3v) is 4.08. The molecule has 2 aliphatic rings. The molecular formula is C15H21NO2. The van der Waals surface area contributed by atoms with Crippen LogP contribution in [0.3, 0.4) is 0 Å². The lowest BCUT2D eigenvalue weighted by molar-refractivity contribution is 0.0972. The van der Waals surface area contributed by atoms with Crippen LogP contribution in [0.25, 0.3) is 0 Å². The molecule has 2 bridgehead atoms. The van der Waals surface area contributed by atoms with E-state index in [4.69, 9.17) is 9.47 Å². The lowest BCUT2D eigenvalue weighted by atomic mass is 9.95. The molecule has 2 heterocycles. The summed E-state index contributed by atoms with van der Waals surface area (Å²) in [4.78, 5) is 0. The van der Waals surface area contributed by atoms with Crippen LogP contribution in [-0.2, 0) is 22.6 Å². The molecule has 0 radical (unpaired) electrons. The van der Waals surface area contributed by atoms with E-state index in [1.54, 1.807) is 7.11 Å². The standard InChI is InChI=1S/C15H21NO2/c1-17-10-12-5-3-2-4-11(12)9-16-14-8-13-6-7-15(14)18-13/h2-5,13-16H,6-10H2,1H3. The van der Waals surface area contributed by atoms with Gasteiger partial charge in [-0.3, -0.25) is 0 Å². The van der Waals surface area contributed by atoms with Gasteiger partial charge in [0.25, 0.3) is 0 Å². The van der Waals surface area contributed by atoms with Gasteiger partial charge in [0, 0.05) is 19.7 Å². The summed E-state index contributed by atoms with van der Waals surface area (Å²) in [7, 11) is 1.74. The molecular weight excluding hydrogens is 226 g/mol.